The summed E-state index contributed by atoms with van der Waals surface area (Å²) in [5.41, 5.74) is 1.64. The van der Waals surface area contributed by atoms with E-state index in [9.17, 15) is 14.4 Å². The number of carbonyl (C=O) groups excluding carboxylic acids is 2. The molecule has 148 valence electrons. The molecule has 0 bridgehead atoms. The van der Waals surface area contributed by atoms with Gasteiger partial charge in [0.25, 0.3) is 0 Å². The van der Waals surface area contributed by atoms with Gasteiger partial charge in [0, 0.05) is 43.5 Å². The highest BCUT2D eigenvalue weighted by atomic mass is 16.2. The maximum absolute atomic E-state index is 13.0. The van der Waals surface area contributed by atoms with Crippen molar-refractivity contribution < 1.29 is 9.59 Å². The predicted molar refractivity (Wildman–Crippen MR) is 102 cm³/mol. The molecular weight excluding hydrogens is 344 g/mol. The largest absolute Gasteiger partial charge is 0.345 e. The first-order valence-corrected chi connectivity index (χ1v) is 9.89. The van der Waals surface area contributed by atoms with Gasteiger partial charge < -0.3 is 14.8 Å². The van der Waals surface area contributed by atoms with Crippen LogP contribution < -0.4 is 5.69 Å². The van der Waals surface area contributed by atoms with Crippen molar-refractivity contribution in [2.45, 2.75) is 65.8 Å². The van der Waals surface area contributed by atoms with E-state index in [1.54, 1.807) is 6.92 Å². The number of likely N-dealkylation sites (tertiary alicyclic amines) is 2. The third-order valence-corrected chi connectivity index (χ3v) is 6.14. The Kier molecular flexibility index (Phi) is 5.40. The Balaban J connectivity index is 1.64. The third-order valence-electron chi connectivity index (χ3n) is 6.14. The summed E-state index contributed by atoms with van der Waals surface area (Å²) in [6.45, 7) is 9.75. The molecule has 7 heteroatoms. The molecule has 1 unspecified atom stereocenters. The molecule has 2 aliphatic rings. The van der Waals surface area contributed by atoms with Crippen LogP contribution in [-0.4, -0.2) is 57.3 Å². The van der Waals surface area contributed by atoms with Crippen LogP contribution in [0.3, 0.4) is 0 Å². The fourth-order valence-electron chi connectivity index (χ4n) is 4.57. The van der Waals surface area contributed by atoms with Crippen molar-refractivity contribution in [3.63, 3.8) is 0 Å². The summed E-state index contributed by atoms with van der Waals surface area (Å²) in [5, 5.41) is 0. The Morgan fingerprint density at radius 1 is 1.22 bits per heavy atom. The standard InChI is InChI=1S/C20H30N4O3/c1-13(2)24-10-5-8-20(18(24)26)9-11-23(12-20)17(25)7-6-16-14(3)21-19(27)22-15(16)4/h13H,5-12H2,1-4H3,(H,21,22,27). The van der Waals surface area contributed by atoms with Crippen LogP contribution in [-0.2, 0) is 16.0 Å². The number of carbonyl (C=O) groups is 2. The molecule has 7 nitrogen and oxygen atoms in total. The molecule has 1 spiro atoms. The topological polar surface area (TPSA) is 86.4 Å². The zero-order valence-electron chi connectivity index (χ0n) is 16.8. The Hall–Kier alpha value is -2.18. The quantitative estimate of drug-likeness (QED) is 0.867. The number of aromatic nitrogens is 2. The first kappa shape index (κ1) is 19.6. The van der Waals surface area contributed by atoms with Gasteiger partial charge in [-0.3, -0.25) is 9.59 Å². The molecule has 0 aromatic carbocycles. The average Bonchev–Trinajstić information content (AvgIpc) is 3.01. The van der Waals surface area contributed by atoms with Gasteiger partial charge in [0.2, 0.25) is 11.8 Å². The number of H-pyrrole nitrogens is 1. The van der Waals surface area contributed by atoms with E-state index >= 15 is 0 Å². The minimum atomic E-state index is -0.385. The fraction of sp³-hybridized carbons (Fsp3) is 0.700. The SMILES string of the molecule is Cc1nc(=O)[nH]c(C)c1CCC(=O)N1CCC2(CCCN(C(C)C)C2=O)C1. The predicted octanol–water partition coefficient (Wildman–Crippen LogP) is 1.57. The second kappa shape index (κ2) is 7.44. The van der Waals surface area contributed by atoms with Crippen molar-refractivity contribution in [2.24, 2.45) is 5.41 Å². The minimum Gasteiger partial charge on any atom is -0.342 e. The fourth-order valence-corrected chi connectivity index (χ4v) is 4.57. The van der Waals surface area contributed by atoms with Gasteiger partial charge in [-0.1, -0.05) is 0 Å². The Morgan fingerprint density at radius 3 is 2.63 bits per heavy atom. The van der Waals surface area contributed by atoms with Gasteiger partial charge in [0.15, 0.2) is 0 Å². The van der Waals surface area contributed by atoms with Gasteiger partial charge in [-0.05, 0) is 58.9 Å². The van der Waals surface area contributed by atoms with E-state index in [4.69, 9.17) is 0 Å². The maximum Gasteiger partial charge on any atom is 0.345 e. The number of piperidine rings is 1. The number of nitrogens with one attached hydrogen (secondary N) is 1. The minimum absolute atomic E-state index is 0.0753. The molecule has 3 rings (SSSR count). The van der Waals surface area contributed by atoms with Crippen molar-refractivity contribution in [3.05, 3.63) is 27.4 Å². The van der Waals surface area contributed by atoms with Gasteiger partial charge in [-0.2, -0.15) is 4.98 Å². The summed E-state index contributed by atoms with van der Waals surface area (Å²) in [6, 6.07) is 0.207. The smallest absolute Gasteiger partial charge is 0.342 e. The highest BCUT2D eigenvalue weighted by molar-refractivity contribution is 5.86. The summed E-state index contributed by atoms with van der Waals surface area (Å²) < 4.78 is 0. The lowest BCUT2D eigenvalue weighted by atomic mass is 9.78. The van der Waals surface area contributed by atoms with Gasteiger partial charge >= 0.3 is 5.69 Å². The van der Waals surface area contributed by atoms with Crippen LogP contribution in [0.15, 0.2) is 4.79 Å². The number of aryl methyl sites for hydroxylation is 2. The highest BCUT2D eigenvalue weighted by Crippen LogP contribution is 2.40. The normalized spacial score (nSPS) is 22.9. The molecule has 27 heavy (non-hydrogen) atoms. The summed E-state index contributed by atoms with van der Waals surface area (Å²) in [5.74, 6) is 0.293. The van der Waals surface area contributed by atoms with Gasteiger partial charge in [0.05, 0.1) is 5.41 Å². The van der Waals surface area contributed by atoms with Crippen LogP contribution in [0.25, 0.3) is 0 Å². The maximum atomic E-state index is 13.0. The summed E-state index contributed by atoms with van der Waals surface area (Å²) in [6.07, 6.45) is 3.57. The molecule has 2 saturated heterocycles. The van der Waals surface area contributed by atoms with Crippen LogP contribution in [0.2, 0.25) is 0 Å². The summed E-state index contributed by atoms with van der Waals surface area (Å²) in [4.78, 5) is 47.6. The molecule has 1 N–H and O–H groups in total. The number of rotatable bonds is 4. The molecule has 2 amide bonds. The lowest BCUT2D eigenvalue weighted by molar-refractivity contribution is -0.148. The van der Waals surface area contributed by atoms with Crippen molar-refractivity contribution in [1.29, 1.82) is 0 Å². The number of hydrogen-bond donors (Lipinski definition) is 1. The van der Waals surface area contributed by atoms with Crippen LogP contribution in [0.4, 0.5) is 0 Å². The van der Waals surface area contributed by atoms with Gasteiger partial charge in [-0.25, -0.2) is 4.79 Å². The highest BCUT2D eigenvalue weighted by Gasteiger charge is 2.49. The van der Waals surface area contributed by atoms with Gasteiger partial charge in [0.1, 0.15) is 0 Å². The van der Waals surface area contributed by atoms with Crippen molar-refractivity contribution in [2.75, 3.05) is 19.6 Å². The first-order chi connectivity index (χ1) is 12.7. The van der Waals surface area contributed by atoms with Crippen LogP contribution in [0.5, 0.6) is 0 Å². The third kappa shape index (κ3) is 3.77. The second-order valence-corrected chi connectivity index (χ2v) is 8.27. The molecule has 2 aliphatic heterocycles. The van der Waals surface area contributed by atoms with E-state index in [1.165, 1.54) is 0 Å². The molecule has 1 atom stereocenters. The van der Waals surface area contributed by atoms with Crippen molar-refractivity contribution in [3.8, 4) is 0 Å². The van der Waals surface area contributed by atoms with Crippen molar-refractivity contribution in [1.82, 2.24) is 19.8 Å². The molecule has 1 aromatic heterocycles. The van der Waals surface area contributed by atoms with E-state index in [0.29, 0.717) is 31.6 Å². The number of hydrogen-bond acceptors (Lipinski definition) is 4. The molecular formula is C20H30N4O3. The molecule has 2 fully saturated rings. The Labute approximate surface area is 160 Å². The first-order valence-electron chi connectivity index (χ1n) is 9.89. The summed E-state index contributed by atoms with van der Waals surface area (Å²) >= 11 is 0. The van der Waals surface area contributed by atoms with E-state index in [2.05, 4.69) is 23.8 Å². The van der Waals surface area contributed by atoms with Gasteiger partial charge in [-0.15, -0.1) is 0 Å². The monoisotopic (exact) mass is 374 g/mol. The number of aromatic amines is 1. The molecule has 3 heterocycles. The van der Waals surface area contributed by atoms with Crippen LogP contribution in [0.1, 0.15) is 56.5 Å². The second-order valence-electron chi connectivity index (χ2n) is 8.27. The zero-order valence-corrected chi connectivity index (χ0v) is 16.8. The number of amides is 2. The van der Waals surface area contributed by atoms with E-state index in [1.807, 2.05) is 16.7 Å². The zero-order chi connectivity index (χ0) is 19.8. The number of nitrogens with zero attached hydrogens (tertiary/aromatic N) is 3. The summed E-state index contributed by atoms with van der Waals surface area (Å²) in [7, 11) is 0. The molecule has 0 radical (unpaired) electrons. The molecule has 0 aliphatic carbocycles. The van der Waals surface area contributed by atoms with Crippen LogP contribution in [0, 0.1) is 19.3 Å². The lowest BCUT2D eigenvalue weighted by Crippen LogP contribution is -2.52. The van der Waals surface area contributed by atoms with Crippen LogP contribution >= 0.6 is 0 Å². The Bertz CT molecular complexity index is 775. The van der Waals surface area contributed by atoms with E-state index < -0.39 is 0 Å². The van der Waals surface area contributed by atoms with E-state index in [0.717, 1.165) is 37.1 Å². The molecule has 0 saturated carbocycles. The average molecular weight is 374 g/mol. The molecule has 1 aromatic rings. The Morgan fingerprint density at radius 2 is 1.96 bits per heavy atom. The van der Waals surface area contributed by atoms with E-state index in [-0.39, 0.29) is 29.0 Å². The van der Waals surface area contributed by atoms with Crippen molar-refractivity contribution >= 4 is 11.8 Å². The lowest BCUT2D eigenvalue weighted by Gasteiger charge is -2.41.